The zero-order chi connectivity index (χ0) is 27.3. The van der Waals surface area contributed by atoms with Crippen LogP contribution in [0.5, 0.6) is 0 Å². The van der Waals surface area contributed by atoms with Crippen LogP contribution >= 0.6 is 0 Å². The predicted molar refractivity (Wildman–Crippen MR) is 152 cm³/mol. The highest BCUT2D eigenvalue weighted by Gasteiger charge is 2.55. The number of nitrogens with one attached hydrogen (secondary N) is 2. The molecule has 8 nitrogen and oxygen atoms in total. The van der Waals surface area contributed by atoms with Gasteiger partial charge in [-0.25, -0.2) is 19.1 Å². The van der Waals surface area contributed by atoms with Gasteiger partial charge in [0, 0.05) is 18.3 Å². The number of unbranched alkanes of at least 4 members (excludes halogenated alkanes) is 11. The van der Waals surface area contributed by atoms with Gasteiger partial charge in [0.2, 0.25) is 0 Å². The maximum absolute atomic E-state index is 13.3. The van der Waals surface area contributed by atoms with Gasteiger partial charge >= 0.3 is 12.0 Å². The van der Waals surface area contributed by atoms with Gasteiger partial charge in [-0.05, 0) is 19.3 Å². The average molecular weight is 534 g/mol. The number of nitrogens with zero attached hydrogens (tertiary/aromatic N) is 3. The summed E-state index contributed by atoms with van der Waals surface area (Å²) in [6.07, 6.45) is 22.5. The Morgan fingerprint density at radius 2 is 1.45 bits per heavy atom. The molecule has 2 amide bonds. The van der Waals surface area contributed by atoms with Crippen molar-refractivity contribution in [3.05, 3.63) is 18.2 Å². The molecule has 0 aliphatic carbocycles. The molecule has 4 rings (SSSR count). The largest absolute Gasteiger partial charge is 0.480 e. The first-order valence-corrected chi connectivity index (χ1v) is 15.7. The van der Waals surface area contributed by atoms with Crippen LogP contribution in [0, 0.1) is 0 Å². The van der Waals surface area contributed by atoms with Gasteiger partial charge in [0.15, 0.2) is 0 Å². The van der Waals surface area contributed by atoms with Crippen molar-refractivity contribution in [3.8, 4) is 0 Å². The fraction of sp³-hybridized carbons (Fsp3) is 0.833. The number of quaternary nitrogens is 2. The van der Waals surface area contributed by atoms with Crippen LogP contribution < -0.4 is 5.32 Å². The number of H-pyrrole nitrogens is 1. The van der Waals surface area contributed by atoms with Crippen LogP contribution in [0.15, 0.2) is 12.5 Å². The summed E-state index contributed by atoms with van der Waals surface area (Å²) < 4.78 is 1.56. The number of piperazine rings is 3. The lowest BCUT2D eigenvalue weighted by Crippen LogP contribution is -2.79. The van der Waals surface area contributed by atoms with Crippen molar-refractivity contribution >= 4 is 12.0 Å². The molecule has 3 N–H and O–H groups in total. The predicted octanol–water partition coefficient (Wildman–Crippen LogP) is 5.65. The molecule has 3 saturated heterocycles. The maximum atomic E-state index is 13.3. The first-order valence-electron chi connectivity index (χ1n) is 15.7. The number of aromatic amines is 1. The van der Waals surface area contributed by atoms with Crippen LogP contribution in [0.25, 0.3) is 0 Å². The van der Waals surface area contributed by atoms with Gasteiger partial charge in [0.25, 0.3) is 0 Å². The number of fused-ring (bicyclic) bond motifs is 3. The van der Waals surface area contributed by atoms with E-state index in [1.807, 2.05) is 0 Å². The number of imidazole rings is 1. The quantitative estimate of drug-likeness (QED) is 0.158. The molecule has 0 aromatic carbocycles. The van der Waals surface area contributed by atoms with E-state index in [0.29, 0.717) is 16.2 Å². The summed E-state index contributed by atoms with van der Waals surface area (Å²) in [5, 5.41) is 12.5. The van der Waals surface area contributed by atoms with Gasteiger partial charge in [-0.1, -0.05) is 84.5 Å². The van der Waals surface area contributed by atoms with Gasteiger partial charge in [-0.15, -0.1) is 0 Å². The van der Waals surface area contributed by atoms with E-state index in [4.69, 9.17) is 0 Å². The van der Waals surface area contributed by atoms with E-state index in [1.165, 1.54) is 96.2 Å². The monoisotopic (exact) mass is 533 g/mol. The molecule has 3 fully saturated rings. The third kappa shape index (κ3) is 8.54. The number of aromatic nitrogens is 2. The third-order valence-corrected chi connectivity index (χ3v) is 9.56. The molecule has 3 aliphatic rings. The average Bonchev–Trinajstić information content (AvgIpc) is 3.45. The number of rotatable bonds is 19. The number of carboxylic acids is 1. The second-order valence-corrected chi connectivity index (χ2v) is 12.1. The van der Waals surface area contributed by atoms with E-state index in [0.717, 1.165) is 43.8 Å². The standard InChI is InChI=1S/C30H53N5O3/c1-3-5-6-7-8-9-10-11-12-13-14-15-16-27(4-2)34-17-20-35(21-18-34,22-19-34)30(38)33-28(29(36)37)23-26-24-31-25-32-26/h24-25,27-28H,3-23H2,1-2H3,(H-2,31,32,33,36,37,38)/p+2. The molecular weight excluding hydrogens is 478 g/mol. The van der Waals surface area contributed by atoms with Crippen LogP contribution in [0.3, 0.4) is 0 Å². The highest BCUT2D eigenvalue weighted by molar-refractivity contribution is 5.80. The Balaban J connectivity index is 1.36. The molecule has 0 radical (unpaired) electrons. The SMILES string of the molecule is CCCCCCCCCCCCCCC(CC)[N+]12CC[N+](C(=O)NC(Cc3cnc[nH]3)C(=O)O)(CC1)CC2. The molecule has 1 aromatic rings. The summed E-state index contributed by atoms with van der Waals surface area (Å²) in [5.74, 6) is -1.00. The summed E-state index contributed by atoms with van der Waals surface area (Å²) in [7, 11) is 0. The Morgan fingerprint density at radius 3 is 1.92 bits per heavy atom. The van der Waals surface area contributed by atoms with Crippen molar-refractivity contribution in [2.75, 3.05) is 39.3 Å². The van der Waals surface area contributed by atoms with Crippen LogP contribution in [0.4, 0.5) is 4.79 Å². The summed E-state index contributed by atoms with van der Waals surface area (Å²) >= 11 is 0. The third-order valence-electron chi connectivity index (χ3n) is 9.56. The van der Waals surface area contributed by atoms with Crippen LogP contribution in [-0.4, -0.2) is 87.4 Å². The molecule has 38 heavy (non-hydrogen) atoms. The minimum absolute atomic E-state index is 0.122. The van der Waals surface area contributed by atoms with Crippen molar-refractivity contribution in [1.29, 1.82) is 0 Å². The van der Waals surface area contributed by atoms with E-state index in [1.54, 1.807) is 6.20 Å². The van der Waals surface area contributed by atoms with Gasteiger partial charge in [-0.3, -0.25) is 5.32 Å². The second kappa shape index (κ2) is 15.6. The molecule has 0 saturated carbocycles. The van der Waals surface area contributed by atoms with Crippen LogP contribution in [-0.2, 0) is 11.2 Å². The summed E-state index contributed by atoms with van der Waals surface area (Å²) in [6, 6.07) is -0.369. The molecule has 0 spiro atoms. The van der Waals surface area contributed by atoms with E-state index in [9.17, 15) is 14.7 Å². The summed E-state index contributed by atoms with van der Waals surface area (Å²) in [5.41, 5.74) is 0.717. The van der Waals surface area contributed by atoms with E-state index in [-0.39, 0.29) is 12.5 Å². The lowest BCUT2D eigenvalue weighted by atomic mass is 9.96. The molecule has 3 aliphatic heterocycles. The Hall–Kier alpha value is -1.93. The summed E-state index contributed by atoms with van der Waals surface area (Å²) in [6.45, 7) is 10.2. The summed E-state index contributed by atoms with van der Waals surface area (Å²) in [4.78, 5) is 32.1. The first-order chi connectivity index (χ1) is 18.4. The molecule has 2 atom stereocenters. The van der Waals surface area contributed by atoms with Crippen LogP contribution in [0.2, 0.25) is 0 Å². The van der Waals surface area contributed by atoms with Gasteiger partial charge in [-0.2, -0.15) is 0 Å². The molecule has 8 heteroatoms. The number of hydrogen-bond donors (Lipinski definition) is 3. The van der Waals surface area contributed by atoms with Crippen molar-refractivity contribution in [1.82, 2.24) is 15.3 Å². The lowest BCUT2D eigenvalue weighted by Gasteiger charge is -2.56. The lowest BCUT2D eigenvalue weighted by molar-refractivity contribution is -1.06. The number of carbonyl (C=O) groups is 2. The zero-order valence-electron chi connectivity index (χ0n) is 24.3. The van der Waals surface area contributed by atoms with E-state index >= 15 is 0 Å². The smallest absolute Gasteiger partial charge is 0.417 e. The molecule has 216 valence electrons. The molecule has 2 bridgehead atoms. The van der Waals surface area contributed by atoms with Crippen molar-refractivity contribution in [2.24, 2.45) is 0 Å². The highest BCUT2D eigenvalue weighted by atomic mass is 16.4. The molecule has 4 heterocycles. The van der Waals surface area contributed by atoms with Crippen molar-refractivity contribution in [2.45, 2.75) is 122 Å². The molecule has 2 unspecified atom stereocenters. The fourth-order valence-corrected chi connectivity index (χ4v) is 6.88. The number of hydrogen-bond acceptors (Lipinski definition) is 3. The van der Waals surface area contributed by atoms with Gasteiger partial charge < -0.3 is 14.6 Å². The van der Waals surface area contributed by atoms with Crippen LogP contribution in [0.1, 0.15) is 109 Å². The Morgan fingerprint density at radius 1 is 0.895 bits per heavy atom. The van der Waals surface area contributed by atoms with E-state index < -0.39 is 12.0 Å². The number of amides is 2. The minimum atomic E-state index is -1.00. The maximum Gasteiger partial charge on any atom is 0.417 e. The zero-order valence-corrected chi connectivity index (χ0v) is 24.3. The topological polar surface area (TPSA) is 95.1 Å². The van der Waals surface area contributed by atoms with Gasteiger partial charge in [0.1, 0.15) is 45.3 Å². The molecular formula is C30H55N5O3+2. The Labute approximate surface area is 230 Å². The normalized spacial score (nSPS) is 24.3. The Kier molecular flexibility index (Phi) is 12.6. The van der Waals surface area contributed by atoms with Gasteiger partial charge in [0.05, 0.1) is 12.4 Å². The van der Waals surface area contributed by atoms with E-state index in [2.05, 4.69) is 29.1 Å². The van der Waals surface area contributed by atoms with Crippen molar-refractivity contribution < 1.29 is 23.7 Å². The molecule has 1 aromatic heterocycles. The van der Waals surface area contributed by atoms with Crippen molar-refractivity contribution in [3.63, 3.8) is 0 Å². The first kappa shape index (κ1) is 30.6. The second-order valence-electron chi connectivity index (χ2n) is 12.1. The number of carbonyl (C=O) groups excluding carboxylic acids is 1. The fourth-order valence-electron chi connectivity index (χ4n) is 6.88. The number of carboxylic acid groups (broad SMARTS) is 1. The highest BCUT2D eigenvalue weighted by Crippen LogP contribution is 2.33. The minimum Gasteiger partial charge on any atom is -0.480 e. The number of aliphatic carboxylic acids is 1. The Bertz CT molecular complexity index is 803. The number of urea groups is 1.